The molecular formula is C11H23NaO4S. The Kier molecular flexibility index (Phi) is 12.8. The standard InChI is InChI=1S/C11H24O4S.Na/c1-3-5-6-7-9-10(12)11(8-4-2)16(13,14)15;/h10-12H,3-9H2,1-2H3,(H,13,14,15);/q;+1/p-1. The quantitative estimate of drug-likeness (QED) is 0.333. The molecule has 0 aromatic rings. The molecule has 6 heteroatoms. The molecule has 0 aromatic carbocycles. The van der Waals surface area contributed by atoms with Crippen LogP contribution in [-0.4, -0.2) is 29.4 Å². The van der Waals surface area contributed by atoms with Gasteiger partial charge >= 0.3 is 29.6 Å². The summed E-state index contributed by atoms with van der Waals surface area (Å²) in [5.41, 5.74) is 0. The minimum absolute atomic E-state index is 0. The van der Waals surface area contributed by atoms with Gasteiger partial charge < -0.3 is 9.66 Å². The molecule has 4 nitrogen and oxygen atoms in total. The maximum Gasteiger partial charge on any atom is 1.00 e. The van der Waals surface area contributed by atoms with Crippen LogP contribution < -0.4 is 29.6 Å². The molecule has 0 aliphatic rings. The van der Waals surface area contributed by atoms with Crippen molar-refractivity contribution in [2.24, 2.45) is 0 Å². The molecule has 0 rings (SSSR count). The van der Waals surface area contributed by atoms with Crippen LogP contribution in [0.3, 0.4) is 0 Å². The fraction of sp³-hybridized carbons (Fsp3) is 1.00. The second-order valence-corrected chi connectivity index (χ2v) is 5.83. The van der Waals surface area contributed by atoms with Crippen molar-refractivity contribution in [2.75, 3.05) is 0 Å². The van der Waals surface area contributed by atoms with E-state index in [-0.39, 0.29) is 36.0 Å². The van der Waals surface area contributed by atoms with Crippen molar-refractivity contribution in [1.82, 2.24) is 0 Å². The van der Waals surface area contributed by atoms with E-state index in [1.165, 1.54) is 0 Å². The summed E-state index contributed by atoms with van der Waals surface area (Å²) in [6.07, 6.45) is 4.18. The molecule has 2 unspecified atom stereocenters. The molecule has 2 atom stereocenters. The van der Waals surface area contributed by atoms with Gasteiger partial charge in [-0.25, -0.2) is 8.42 Å². The second kappa shape index (κ2) is 10.8. The number of aliphatic hydroxyl groups excluding tert-OH is 1. The number of unbranched alkanes of at least 4 members (excludes halogenated alkanes) is 3. The van der Waals surface area contributed by atoms with Gasteiger partial charge in [0.25, 0.3) is 0 Å². The van der Waals surface area contributed by atoms with E-state index in [1.54, 1.807) is 0 Å². The van der Waals surface area contributed by atoms with E-state index < -0.39 is 21.5 Å². The number of rotatable bonds is 9. The van der Waals surface area contributed by atoms with Crippen LogP contribution in [-0.2, 0) is 10.1 Å². The molecule has 0 saturated heterocycles. The molecule has 0 radical (unpaired) electrons. The minimum Gasteiger partial charge on any atom is -0.748 e. The molecule has 0 amide bonds. The van der Waals surface area contributed by atoms with Crippen molar-refractivity contribution in [3.63, 3.8) is 0 Å². The Morgan fingerprint density at radius 2 is 1.65 bits per heavy atom. The van der Waals surface area contributed by atoms with Crippen LogP contribution >= 0.6 is 0 Å². The largest absolute Gasteiger partial charge is 1.00 e. The molecule has 0 fully saturated rings. The zero-order chi connectivity index (χ0) is 12.6. The van der Waals surface area contributed by atoms with Crippen molar-refractivity contribution < 1.29 is 47.6 Å². The summed E-state index contributed by atoms with van der Waals surface area (Å²) in [6, 6.07) is 0. The summed E-state index contributed by atoms with van der Waals surface area (Å²) in [4.78, 5) is 0. The minimum atomic E-state index is -4.37. The third kappa shape index (κ3) is 9.45. The smallest absolute Gasteiger partial charge is 0.748 e. The average molecular weight is 274 g/mol. The average Bonchev–Trinajstić information content (AvgIpc) is 2.19. The van der Waals surface area contributed by atoms with E-state index in [0.717, 1.165) is 25.7 Å². The van der Waals surface area contributed by atoms with Gasteiger partial charge in [0.1, 0.15) is 10.1 Å². The first-order valence-electron chi connectivity index (χ1n) is 6.06. The van der Waals surface area contributed by atoms with Gasteiger partial charge in [-0.15, -0.1) is 0 Å². The normalized spacial score (nSPS) is 15.1. The van der Waals surface area contributed by atoms with Crippen LogP contribution in [0.25, 0.3) is 0 Å². The van der Waals surface area contributed by atoms with E-state index in [9.17, 15) is 18.1 Å². The molecule has 0 bridgehead atoms. The van der Waals surface area contributed by atoms with Crippen molar-refractivity contribution in [1.29, 1.82) is 0 Å². The van der Waals surface area contributed by atoms with E-state index >= 15 is 0 Å². The summed E-state index contributed by atoms with van der Waals surface area (Å²) in [5.74, 6) is 0. The molecule has 98 valence electrons. The van der Waals surface area contributed by atoms with Crippen LogP contribution in [0.4, 0.5) is 0 Å². The summed E-state index contributed by atoms with van der Waals surface area (Å²) in [5, 5.41) is 8.57. The Morgan fingerprint density at radius 1 is 1.06 bits per heavy atom. The van der Waals surface area contributed by atoms with Crippen LogP contribution in [0.2, 0.25) is 0 Å². The number of hydrogen-bond donors (Lipinski definition) is 1. The van der Waals surface area contributed by atoms with E-state index in [0.29, 0.717) is 12.8 Å². The SMILES string of the molecule is CCCCCCC(O)C(CCC)S(=O)(=O)[O-].[Na+]. The molecule has 0 aromatic heterocycles. The number of hydrogen-bond acceptors (Lipinski definition) is 4. The van der Waals surface area contributed by atoms with Gasteiger partial charge in [0.05, 0.1) is 11.4 Å². The van der Waals surface area contributed by atoms with Crippen molar-refractivity contribution in [2.45, 2.75) is 70.1 Å². The summed E-state index contributed by atoms with van der Waals surface area (Å²) in [6.45, 7) is 3.89. The topological polar surface area (TPSA) is 77.4 Å². The number of aliphatic hydroxyl groups is 1. The van der Waals surface area contributed by atoms with E-state index in [1.807, 2.05) is 6.92 Å². The molecule has 1 N–H and O–H groups in total. The maximum absolute atomic E-state index is 10.9. The molecule has 0 aliphatic heterocycles. The van der Waals surface area contributed by atoms with Crippen LogP contribution in [0.5, 0.6) is 0 Å². The van der Waals surface area contributed by atoms with Gasteiger partial charge in [0, 0.05) is 0 Å². The zero-order valence-corrected chi connectivity index (χ0v) is 14.0. The molecule has 0 heterocycles. The fourth-order valence-corrected chi connectivity index (χ4v) is 2.83. The van der Waals surface area contributed by atoms with Crippen LogP contribution in [0, 0.1) is 0 Å². The Bertz CT molecular complexity index is 267. The third-order valence-corrected chi connectivity index (χ3v) is 4.02. The fourth-order valence-electron chi connectivity index (χ4n) is 1.78. The Balaban J connectivity index is 0. The molecule has 0 aliphatic carbocycles. The van der Waals surface area contributed by atoms with Gasteiger partial charge in [-0.3, -0.25) is 0 Å². The summed E-state index contributed by atoms with van der Waals surface area (Å²) >= 11 is 0. The van der Waals surface area contributed by atoms with Gasteiger partial charge in [0.2, 0.25) is 0 Å². The van der Waals surface area contributed by atoms with Gasteiger partial charge in [-0.2, -0.15) is 0 Å². The first-order chi connectivity index (χ1) is 7.43. The predicted octanol–water partition coefficient (Wildman–Crippen LogP) is -0.964. The Morgan fingerprint density at radius 3 is 2.06 bits per heavy atom. The van der Waals surface area contributed by atoms with E-state index in [2.05, 4.69) is 6.92 Å². The monoisotopic (exact) mass is 274 g/mol. The molecule has 0 saturated carbocycles. The van der Waals surface area contributed by atoms with Gasteiger partial charge in [0.15, 0.2) is 0 Å². The van der Waals surface area contributed by atoms with Gasteiger partial charge in [-0.05, 0) is 12.8 Å². The first-order valence-corrected chi connectivity index (χ1v) is 7.53. The van der Waals surface area contributed by atoms with Crippen molar-refractivity contribution in [3.05, 3.63) is 0 Å². The molecular weight excluding hydrogens is 251 g/mol. The maximum atomic E-state index is 10.9. The molecule has 0 spiro atoms. The van der Waals surface area contributed by atoms with Crippen LogP contribution in [0.15, 0.2) is 0 Å². The summed E-state index contributed by atoms with van der Waals surface area (Å²) < 4.78 is 32.8. The van der Waals surface area contributed by atoms with Crippen LogP contribution in [0.1, 0.15) is 58.8 Å². The summed E-state index contributed by atoms with van der Waals surface area (Å²) in [7, 11) is -4.37. The Labute approximate surface area is 127 Å². The molecule has 17 heavy (non-hydrogen) atoms. The predicted molar refractivity (Wildman–Crippen MR) is 63.2 cm³/mol. The van der Waals surface area contributed by atoms with E-state index in [4.69, 9.17) is 0 Å². The second-order valence-electron chi connectivity index (χ2n) is 4.24. The van der Waals surface area contributed by atoms with Crippen molar-refractivity contribution in [3.8, 4) is 0 Å². The Hall–Kier alpha value is 0.870. The van der Waals surface area contributed by atoms with Crippen molar-refractivity contribution >= 4 is 10.1 Å². The first kappa shape index (κ1) is 20.2. The third-order valence-electron chi connectivity index (χ3n) is 2.73. The zero-order valence-electron chi connectivity index (χ0n) is 11.2. The van der Waals surface area contributed by atoms with Gasteiger partial charge in [-0.1, -0.05) is 46.0 Å².